The molecular weight excluding hydrogens is 222 g/mol. The molecule has 0 saturated heterocycles. The maximum Gasteiger partial charge on any atom is 0.0775 e. The maximum atomic E-state index is 10.2. The van der Waals surface area contributed by atoms with Crippen LogP contribution >= 0.6 is 0 Å². The van der Waals surface area contributed by atoms with Crippen LogP contribution in [0.4, 0.5) is 0 Å². The molecule has 0 spiro atoms. The Morgan fingerprint density at radius 3 is 2.61 bits per heavy atom. The average Bonchev–Trinajstić information content (AvgIpc) is 2.69. The Hall–Kier alpha value is -0.860. The van der Waals surface area contributed by atoms with Crippen molar-refractivity contribution in [1.29, 1.82) is 0 Å². The molecule has 2 N–H and O–H groups in total. The Labute approximate surface area is 109 Å². The Balaban J connectivity index is 1.69. The van der Waals surface area contributed by atoms with Crippen molar-refractivity contribution in [2.45, 2.75) is 57.2 Å². The van der Waals surface area contributed by atoms with Crippen molar-refractivity contribution in [2.75, 3.05) is 0 Å². The lowest BCUT2D eigenvalue weighted by molar-refractivity contribution is 0.127. The summed E-state index contributed by atoms with van der Waals surface area (Å²) < 4.78 is 0. The summed E-state index contributed by atoms with van der Waals surface area (Å²) in [4.78, 5) is 0. The van der Waals surface area contributed by atoms with Gasteiger partial charge in [-0.05, 0) is 42.7 Å². The molecule has 3 rings (SSSR count). The normalized spacial score (nSPS) is 35.4. The van der Waals surface area contributed by atoms with Crippen LogP contribution in [0.3, 0.4) is 0 Å². The third-order valence-corrected chi connectivity index (χ3v) is 4.64. The molecule has 98 valence electrons. The molecule has 2 atom stereocenters. The first-order valence-corrected chi connectivity index (χ1v) is 7.26. The molecule has 0 radical (unpaired) electrons. The first kappa shape index (κ1) is 12.2. The van der Waals surface area contributed by atoms with E-state index in [1.807, 2.05) is 0 Å². The zero-order valence-corrected chi connectivity index (χ0v) is 11.1. The predicted molar refractivity (Wildman–Crippen MR) is 73.4 cm³/mol. The topological polar surface area (TPSA) is 32.3 Å². The zero-order valence-electron chi connectivity index (χ0n) is 11.1. The monoisotopic (exact) mass is 245 g/mol. The van der Waals surface area contributed by atoms with Crippen LogP contribution in [-0.4, -0.2) is 17.3 Å². The zero-order chi connectivity index (χ0) is 12.5. The number of rotatable bonds is 2. The molecule has 2 aliphatic rings. The molecule has 2 nitrogen and oxygen atoms in total. The molecule has 0 unspecified atom stereocenters. The summed E-state index contributed by atoms with van der Waals surface area (Å²) in [6, 6.07) is 9.19. The van der Waals surface area contributed by atoms with Crippen molar-refractivity contribution in [2.24, 2.45) is 5.92 Å². The summed E-state index contributed by atoms with van der Waals surface area (Å²) >= 11 is 0. The fourth-order valence-corrected chi connectivity index (χ4v) is 3.46. The van der Waals surface area contributed by atoms with Crippen LogP contribution in [0.5, 0.6) is 0 Å². The molecule has 2 heteroatoms. The van der Waals surface area contributed by atoms with Gasteiger partial charge >= 0.3 is 0 Å². The lowest BCUT2D eigenvalue weighted by Crippen LogP contribution is -2.39. The van der Waals surface area contributed by atoms with Gasteiger partial charge in [0.15, 0.2) is 0 Å². The molecule has 0 amide bonds. The summed E-state index contributed by atoms with van der Waals surface area (Å²) in [5.41, 5.74) is 2.62. The molecule has 18 heavy (non-hydrogen) atoms. The fourth-order valence-electron chi connectivity index (χ4n) is 3.46. The standard InChI is InChI=1S/C16H23NO/c1-11-6-8-13(9-7-11)17-16-14-5-3-2-4-12(14)10-15(16)18/h2-5,11,13,15-18H,6-10H2,1H3/t11?,13?,15-,16+/m0/s1. The summed E-state index contributed by atoms with van der Waals surface area (Å²) in [5, 5.41) is 13.9. The molecule has 1 aromatic carbocycles. The van der Waals surface area contributed by atoms with Crippen LogP contribution in [0, 0.1) is 5.92 Å². The number of benzene rings is 1. The van der Waals surface area contributed by atoms with Crippen molar-refractivity contribution in [3.8, 4) is 0 Å². The molecule has 0 heterocycles. The molecule has 0 aliphatic heterocycles. The number of nitrogens with one attached hydrogen (secondary N) is 1. The minimum Gasteiger partial charge on any atom is -0.391 e. The van der Waals surface area contributed by atoms with E-state index in [9.17, 15) is 5.11 Å². The highest BCUT2D eigenvalue weighted by atomic mass is 16.3. The minimum absolute atomic E-state index is 0.152. The number of hydrogen-bond donors (Lipinski definition) is 2. The van der Waals surface area contributed by atoms with Crippen molar-refractivity contribution >= 4 is 0 Å². The van der Waals surface area contributed by atoms with Gasteiger partial charge in [0.05, 0.1) is 12.1 Å². The molecule has 2 aliphatic carbocycles. The van der Waals surface area contributed by atoms with Gasteiger partial charge in [-0.1, -0.05) is 31.2 Å². The van der Waals surface area contributed by atoms with Crippen LogP contribution in [0.1, 0.15) is 49.8 Å². The van der Waals surface area contributed by atoms with Crippen molar-refractivity contribution in [1.82, 2.24) is 5.32 Å². The Morgan fingerprint density at radius 1 is 1.11 bits per heavy atom. The first-order chi connectivity index (χ1) is 8.74. The lowest BCUT2D eigenvalue weighted by atomic mass is 9.87. The predicted octanol–water partition coefficient (Wildman–Crippen LogP) is 2.81. The Bertz CT molecular complexity index is 409. The van der Waals surface area contributed by atoms with E-state index < -0.39 is 0 Å². The third-order valence-electron chi connectivity index (χ3n) is 4.64. The van der Waals surface area contributed by atoms with E-state index in [1.54, 1.807) is 0 Å². The van der Waals surface area contributed by atoms with E-state index in [-0.39, 0.29) is 12.1 Å². The second-order valence-corrected chi connectivity index (χ2v) is 6.07. The second kappa shape index (κ2) is 5.02. The van der Waals surface area contributed by atoms with Gasteiger partial charge in [0, 0.05) is 12.5 Å². The third kappa shape index (κ3) is 2.32. The quantitative estimate of drug-likeness (QED) is 0.839. The van der Waals surface area contributed by atoms with E-state index in [0.29, 0.717) is 6.04 Å². The van der Waals surface area contributed by atoms with Gasteiger partial charge in [-0.15, -0.1) is 0 Å². The van der Waals surface area contributed by atoms with Crippen LogP contribution in [-0.2, 0) is 6.42 Å². The molecule has 0 bridgehead atoms. The first-order valence-electron chi connectivity index (χ1n) is 7.26. The van der Waals surface area contributed by atoms with E-state index in [2.05, 4.69) is 36.5 Å². The van der Waals surface area contributed by atoms with Crippen LogP contribution < -0.4 is 5.32 Å². The summed E-state index contributed by atoms with van der Waals surface area (Å²) in [5.74, 6) is 0.879. The smallest absolute Gasteiger partial charge is 0.0775 e. The number of aliphatic hydroxyl groups is 1. The Kier molecular flexibility index (Phi) is 3.40. The lowest BCUT2D eigenvalue weighted by Gasteiger charge is -2.31. The molecule has 0 aromatic heterocycles. The molecule has 1 aromatic rings. The summed E-state index contributed by atoms with van der Waals surface area (Å²) in [7, 11) is 0. The number of fused-ring (bicyclic) bond motifs is 1. The molecule has 1 saturated carbocycles. The SMILES string of the molecule is CC1CCC(N[C@@H]2c3ccccc3C[C@@H]2O)CC1. The Morgan fingerprint density at radius 2 is 1.83 bits per heavy atom. The van der Waals surface area contributed by atoms with Crippen molar-refractivity contribution < 1.29 is 5.11 Å². The summed E-state index contributed by atoms with van der Waals surface area (Å²) in [6.07, 6.45) is 5.71. The second-order valence-electron chi connectivity index (χ2n) is 6.07. The largest absolute Gasteiger partial charge is 0.391 e. The highest BCUT2D eigenvalue weighted by Crippen LogP contribution is 2.33. The fraction of sp³-hybridized carbons (Fsp3) is 0.625. The van der Waals surface area contributed by atoms with E-state index >= 15 is 0 Å². The van der Waals surface area contributed by atoms with Gasteiger partial charge in [-0.25, -0.2) is 0 Å². The molecule has 1 fully saturated rings. The van der Waals surface area contributed by atoms with Crippen molar-refractivity contribution in [3.05, 3.63) is 35.4 Å². The average molecular weight is 245 g/mol. The van der Waals surface area contributed by atoms with E-state index in [1.165, 1.54) is 36.8 Å². The van der Waals surface area contributed by atoms with Gasteiger partial charge in [0.1, 0.15) is 0 Å². The highest BCUT2D eigenvalue weighted by molar-refractivity contribution is 5.36. The van der Waals surface area contributed by atoms with Gasteiger partial charge in [-0.2, -0.15) is 0 Å². The van der Waals surface area contributed by atoms with Crippen LogP contribution in [0.25, 0.3) is 0 Å². The van der Waals surface area contributed by atoms with Gasteiger partial charge in [0.25, 0.3) is 0 Å². The maximum absolute atomic E-state index is 10.2. The molecular formula is C16H23NO. The van der Waals surface area contributed by atoms with Gasteiger partial charge < -0.3 is 10.4 Å². The number of aliphatic hydroxyl groups excluding tert-OH is 1. The van der Waals surface area contributed by atoms with Crippen LogP contribution in [0.2, 0.25) is 0 Å². The minimum atomic E-state index is -0.248. The summed E-state index contributed by atoms with van der Waals surface area (Å²) in [6.45, 7) is 2.34. The van der Waals surface area contributed by atoms with E-state index in [0.717, 1.165) is 12.3 Å². The van der Waals surface area contributed by atoms with Crippen molar-refractivity contribution in [3.63, 3.8) is 0 Å². The van der Waals surface area contributed by atoms with Gasteiger partial charge in [-0.3, -0.25) is 0 Å². The van der Waals surface area contributed by atoms with E-state index in [4.69, 9.17) is 0 Å². The van der Waals surface area contributed by atoms with Crippen LogP contribution in [0.15, 0.2) is 24.3 Å². The number of hydrogen-bond acceptors (Lipinski definition) is 2. The highest BCUT2D eigenvalue weighted by Gasteiger charge is 2.32. The van der Waals surface area contributed by atoms with Gasteiger partial charge in [0.2, 0.25) is 0 Å².